The summed E-state index contributed by atoms with van der Waals surface area (Å²) in [6.45, 7) is 2.04. The average Bonchev–Trinajstić information content (AvgIpc) is 2.42. The summed E-state index contributed by atoms with van der Waals surface area (Å²) >= 11 is 1.57. The molecule has 2 aromatic rings. The van der Waals surface area contributed by atoms with Crippen LogP contribution in [-0.4, -0.2) is 19.9 Å². The van der Waals surface area contributed by atoms with Crippen molar-refractivity contribution in [1.29, 1.82) is 0 Å². The van der Waals surface area contributed by atoms with Crippen LogP contribution < -0.4 is 0 Å². The summed E-state index contributed by atoms with van der Waals surface area (Å²) in [7, 11) is -3.16. The Morgan fingerprint density at radius 3 is 2.21 bits per heavy atom. The second-order valence-electron chi connectivity index (χ2n) is 4.29. The van der Waals surface area contributed by atoms with Gasteiger partial charge in [-0.1, -0.05) is 35.9 Å². The number of rotatable bonds is 5. The van der Waals surface area contributed by atoms with Crippen LogP contribution in [0.5, 0.6) is 0 Å². The summed E-state index contributed by atoms with van der Waals surface area (Å²) in [5, 5.41) is 0. The fourth-order valence-electron chi connectivity index (χ4n) is 1.65. The molecule has 0 bridgehead atoms. The van der Waals surface area contributed by atoms with Gasteiger partial charge in [-0.15, -0.1) is 11.8 Å². The van der Waals surface area contributed by atoms with Crippen molar-refractivity contribution in [2.75, 3.05) is 11.5 Å². The van der Waals surface area contributed by atoms with E-state index in [9.17, 15) is 8.42 Å². The molecule has 0 aliphatic rings. The van der Waals surface area contributed by atoms with Crippen molar-refractivity contribution in [2.24, 2.45) is 0 Å². The lowest BCUT2D eigenvalue weighted by Crippen LogP contribution is -2.08. The molecule has 0 aromatic heterocycles. The summed E-state index contributed by atoms with van der Waals surface area (Å²) in [5.74, 6) is 0.732. The van der Waals surface area contributed by atoms with Crippen LogP contribution in [0.25, 0.3) is 0 Å². The van der Waals surface area contributed by atoms with Crippen LogP contribution >= 0.6 is 11.8 Å². The first-order chi connectivity index (χ1) is 9.08. The molecule has 0 saturated carbocycles. The van der Waals surface area contributed by atoms with E-state index in [1.807, 2.05) is 37.3 Å². The maximum Gasteiger partial charge on any atom is 0.179 e. The van der Waals surface area contributed by atoms with Gasteiger partial charge < -0.3 is 0 Å². The lowest BCUT2D eigenvalue weighted by molar-refractivity contribution is 0.597. The van der Waals surface area contributed by atoms with Crippen molar-refractivity contribution >= 4 is 21.6 Å². The van der Waals surface area contributed by atoms with Gasteiger partial charge in [-0.05, 0) is 31.2 Å². The molecule has 4 heteroatoms. The molecule has 2 rings (SSSR count). The van der Waals surface area contributed by atoms with Crippen molar-refractivity contribution in [3.63, 3.8) is 0 Å². The highest BCUT2D eigenvalue weighted by molar-refractivity contribution is 8.00. The Kier molecular flexibility index (Phi) is 4.66. The fraction of sp³-hybridized carbons (Fsp3) is 0.200. The number of sulfone groups is 1. The van der Waals surface area contributed by atoms with Crippen molar-refractivity contribution in [1.82, 2.24) is 0 Å². The van der Waals surface area contributed by atoms with Gasteiger partial charge in [-0.2, -0.15) is 0 Å². The molecule has 0 aliphatic carbocycles. The molecule has 0 saturated heterocycles. The third-order valence-corrected chi connectivity index (χ3v) is 5.75. The van der Waals surface area contributed by atoms with E-state index in [2.05, 4.69) is 0 Å². The molecule has 0 N–H and O–H groups in total. The van der Waals surface area contributed by atoms with E-state index in [0.29, 0.717) is 10.6 Å². The van der Waals surface area contributed by atoms with E-state index in [1.165, 1.54) is 5.56 Å². The SMILES string of the molecule is Cc1ccc(SCCS(=O)(=O)c2ccccc2)cc1. The average molecular weight is 292 g/mol. The second kappa shape index (κ2) is 6.26. The number of thioether (sulfide) groups is 1. The van der Waals surface area contributed by atoms with E-state index in [0.717, 1.165) is 4.90 Å². The lowest BCUT2D eigenvalue weighted by atomic mass is 10.2. The third-order valence-electron chi connectivity index (χ3n) is 2.74. The van der Waals surface area contributed by atoms with Crippen LogP contribution in [-0.2, 0) is 9.84 Å². The molecule has 0 unspecified atom stereocenters. The van der Waals surface area contributed by atoms with E-state index >= 15 is 0 Å². The van der Waals surface area contributed by atoms with E-state index in [4.69, 9.17) is 0 Å². The molecule has 100 valence electrons. The molecular formula is C15H16O2S2. The third kappa shape index (κ3) is 4.11. The maximum atomic E-state index is 12.1. The van der Waals surface area contributed by atoms with E-state index < -0.39 is 9.84 Å². The molecule has 0 atom stereocenters. The molecule has 19 heavy (non-hydrogen) atoms. The molecule has 2 aromatic carbocycles. The zero-order valence-electron chi connectivity index (χ0n) is 10.7. The smallest absolute Gasteiger partial charge is 0.179 e. The van der Waals surface area contributed by atoms with Gasteiger partial charge in [0.2, 0.25) is 0 Å². The monoisotopic (exact) mass is 292 g/mol. The summed E-state index contributed by atoms with van der Waals surface area (Å²) in [6, 6.07) is 16.7. The normalized spacial score (nSPS) is 11.4. The number of hydrogen-bond donors (Lipinski definition) is 0. The zero-order valence-corrected chi connectivity index (χ0v) is 12.4. The van der Waals surface area contributed by atoms with Gasteiger partial charge in [0.15, 0.2) is 9.84 Å². The summed E-state index contributed by atoms with van der Waals surface area (Å²) in [4.78, 5) is 1.51. The topological polar surface area (TPSA) is 34.1 Å². The Hall–Kier alpha value is -1.26. The van der Waals surface area contributed by atoms with Crippen LogP contribution in [0.1, 0.15) is 5.56 Å². The number of aryl methyl sites for hydroxylation is 1. The van der Waals surface area contributed by atoms with Crippen LogP contribution in [0.2, 0.25) is 0 Å². The fourth-order valence-corrected chi connectivity index (χ4v) is 4.23. The van der Waals surface area contributed by atoms with Gasteiger partial charge in [-0.25, -0.2) is 8.42 Å². The van der Waals surface area contributed by atoms with E-state index in [1.54, 1.807) is 36.0 Å². The first-order valence-electron chi connectivity index (χ1n) is 6.05. The molecular weight excluding hydrogens is 276 g/mol. The molecule has 2 nitrogen and oxygen atoms in total. The van der Waals surface area contributed by atoms with Gasteiger partial charge in [0.1, 0.15) is 0 Å². The standard InChI is InChI=1S/C15H16O2S2/c1-13-7-9-14(10-8-13)18-11-12-19(16,17)15-5-3-2-4-6-15/h2-10H,11-12H2,1H3. The Morgan fingerprint density at radius 1 is 0.947 bits per heavy atom. The Morgan fingerprint density at radius 2 is 1.58 bits per heavy atom. The molecule has 0 fully saturated rings. The molecule has 0 spiro atoms. The molecule has 0 amide bonds. The maximum absolute atomic E-state index is 12.1. The predicted octanol–water partition coefficient (Wildman–Crippen LogP) is 3.56. The first kappa shape index (κ1) is 14.2. The summed E-state index contributed by atoms with van der Waals surface area (Å²) in [6.07, 6.45) is 0. The first-order valence-corrected chi connectivity index (χ1v) is 8.69. The highest BCUT2D eigenvalue weighted by Gasteiger charge is 2.13. The van der Waals surface area contributed by atoms with Crippen LogP contribution in [0.15, 0.2) is 64.4 Å². The minimum Gasteiger partial charge on any atom is -0.224 e. The van der Waals surface area contributed by atoms with Crippen molar-refractivity contribution in [2.45, 2.75) is 16.7 Å². The van der Waals surface area contributed by atoms with Crippen molar-refractivity contribution in [3.05, 3.63) is 60.2 Å². The minimum absolute atomic E-state index is 0.162. The molecule has 0 heterocycles. The van der Waals surface area contributed by atoms with Crippen LogP contribution in [0.4, 0.5) is 0 Å². The summed E-state index contributed by atoms with van der Waals surface area (Å²) in [5.41, 5.74) is 1.21. The Labute approximate surface area is 118 Å². The summed E-state index contributed by atoms with van der Waals surface area (Å²) < 4.78 is 24.1. The second-order valence-corrected chi connectivity index (χ2v) is 7.57. The quantitative estimate of drug-likeness (QED) is 0.790. The number of hydrogen-bond acceptors (Lipinski definition) is 3. The molecule has 0 aliphatic heterocycles. The van der Waals surface area contributed by atoms with Crippen LogP contribution in [0.3, 0.4) is 0 Å². The highest BCUT2D eigenvalue weighted by atomic mass is 32.2. The van der Waals surface area contributed by atoms with Crippen molar-refractivity contribution in [3.8, 4) is 0 Å². The minimum atomic E-state index is -3.16. The number of benzene rings is 2. The van der Waals surface area contributed by atoms with Gasteiger partial charge in [0.25, 0.3) is 0 Å². The molecule has 0 radical (unpaired) electrons. The van der Waals surface area contributed by atoms with Gasteiger partial charge >= 0.3 is 0 Å². The largest absolute Gasteiger partial charge is 0.224 e. The van der Waals surface area contributed by atoms with Crippen LogP contribution in [0, 0.1) is 6.92 Å². The zero-order chi connectivity index (χ0) is 13.7. The van der Waals surface area contributed by atoms with Gasteiger partial charge in [-0.3, -0.25) is 0 Å². The predicted molar refractivity (Wildman–Crippen MR) is 80.4 cm³/mol. The highest BCUT2D eigenvalue weighted by Crippen LogP contribution is 2.20. The Bertz CT molecular complexity index is 617. The van der Waals surface area contributed by atoms with Gasteiger partial charge in [0, 0.05) is 10.6 Å². The van der Waals surface area contributed by atoms with E-state index in [-0.39, 0.29) is 5.75 Å². The van der Waals surface area contributed by atoms with Crippen molar-refractivity contribution < 1.29 is 8.42 Å². The van der Waals surface area contributed by atoms with Gasteiger partial charge in [0.05, 0.1) is 10.6 Å². The lowest BCUT2D eigenvalue weighted by Gasteiger charge is -2.04. The Balaban J connectivity index is 1.94.